The quantitative estimate of drug-likeness (QED) is 0.583. The third kappa shape index (κ3) is 4.06. The van der Waals surface area contributed by atoms with Crippen LogP contribution in [0.1, 0.15) is 6.42 Å². The van der Waals surface area contributed by atoms with Crippen molar-refractivity contribution >= 4 is 18.3 Å². The maximum absolute atomic E-state index is 3.83. The Labute approximate surface area is 85.5 Å². The summed E-state index contributed by atoms with van der Waals surface area (Å²) >= 11 is 0. The van der Waals surface area contributed by atoms with Crippen molar-refractivity contribution in [1.82, 2.24) is 0 Å². The molecule has 0 nitrogen and oxygen atoms in total. The van der Waals surface area contributed by atoms with Gasteiger partial charge in [-0.3, -0.25) is 0 Å². The molecule has 0 aromatic heterocycles. The Morgan fingerprint density at radius 2 is 1.54 bits per heavy atom. The molecule has 0 aromatic rings. The molecule has 0 bridgehead atoms. The van der Waals surface area contributed by atoms with Crippen LogP contribution >= 0.6 is 0 Å². The van der Waals surface area contributed by atoms with Gasteiger partial charge >= 0.3 is 0 Å². The fraction of sp³-hybridized carbons (Fsp3) is 0.0909. The van der Waals surface area contributed by atoms with Crippen LogP contribution in [0, 0.1) is 0 Å². The summed E-state index contributed by atoms with van der Waals surface area (Å²) in [7, 11) is -0.544. The molecule has 0 radical (unpaired) electrons. The molecule has 0 aliphatic carbocycles. The second-order valence-corrected chi connectivity index (χ2v) is 7.04. The predicted molar refractivity (Wildman–Crippen MR) is 69.2 cm³/mol. The van der Waals surface area contributed by atoms with Gasteiger partial charge in [0.2, 0.25) is 0 Å². The average Bonchev–Trinajstić information content (AvgIpc) is 2.20. The molecule has 0 rings (SSSR count). The number of hydrogen-bond acceptors (Lipinski definition) is 0. The van der Waals surface area contributed by atoms with Crippen LogP contribution < -0.4 is 0 Å². The molecule has 2 heteroatoms. The SMILES string of the molecule is C=C[Si](C=C)(C=C)C=CCC=C[SiH3]. The second-order valence-electron chi connectivity index (χ2n) is 2.82. The van der Waals surface area contributed by atoms with Crippen molar-refractivity contribution in [1.29, 1.82) is 0 Å². The third-order valence-electron chi connectivity index (χ3n) is 1.98. The van der Waals surface area contributed by atoms with Gasteiger partial charge in [-0.15, -0.1) is 25.4 Å². The molecule has 0 atom stereocenters. The first-order chi connectivity index (χ1) is 6.24. The molecule has 0 saturated carbocycles. The summed E-state index contributed by atoms with van der Waals surface area (Å²) < 4.78 is 0. The smallest absolute Gasteiger partial charge is 0.109 e. The van der Waals surface area contributed by atoms with Gasteiger partial charge in [-0.2, -0.15) is 0 Å². The first kappa shape index (κ1) is 12.1. The van der Waals surface area contributed by atoms with Gasteiger partial charge < -0.3 is 0 Å². The van der Waals surface area contributed by atoms with E-state index in [1.807, 2.05) is 17.1 Å². The Bertz CT molecular complexity index is 215. The fourth-order valence-corrected chi connectivity index (χ4v) is 2.67. The third-order valence-corrected chi connectivity index (χ3v) is 5.38. The van der Waals surface area contributed by atoms with E-state index in [9.17, 15) is 0 Å². The van der Waals surface area contributed by atoms with Crippen LogP contribution in [0.2, 0.25) is 0 Å². The molecule has 0 aliphatic heterocycles. The van der Waals surface area contributed by atoms with Crippen molar-refractivity contribution in [2.24, 2.45) is 0 Å². The summed E-state index contributed by atoms with van der Waals surface area (Å²) in [6.07, 6.45) is 5.36. The summed E-state index contributed by atoms with van der Waals surface area (Å²) in [6.45, 7) is 11.5. The summed E-state index contributed by atoms with van der Waals surface area (Å²) in [6, 6.07) is 0. The van der Waals surface area contributed by atoms with Crippen LogP contribution in [-0.4, -0.2) is 18.3 Å². The van der Waals surface area contributed by atoms with E-state index in [0.29, 0.717) is 0 Å². The summed E-state index contributed by atoms with van der Waals surface area (Å²) in [4.78, 5) is 0. The highest BCUT2D eigenvalue weighted by atomic mass is 28.3. The van der Waals surface area contributed by atoms with Gasteiger partial charge in [-0.05, 0) is 6.42 Å². The molecule has 0 N–H and O–H groups in total. The van der Waals surface area contributed by atoms with E-state index in [4.69, 9.17) is 0 Å². The summed E-state index contributed by atoms with van der Waals surface area (Å²) in [5.74, 6) is 0. The lowest BCUT2D eigenvalue weighted by molar-refractivity contribution is 1.41. The van der Waals surface area contributed by atoms with Gasteiger partial charge in [0.05, 0.1) is 0 Å². The minimum absolute atomic E-state index is 1.01. The van der Waals surface area contributed by atoms with Crippen LogP contribution in [0.5, 0.6) is 0 Å². The molecule has 0 unspecified atom stereocenters. The Morgan fingerprint density at radius 1 is 1.00 bits per heavy atom. The highest BCUT2D eigenvalue weighted by Crippen LogP contribution is 2.09. The topological polar surface area (TPSA) is 0 Å². The monoisotopic (exact) mass is 206 g/mol. The Hall–Kier alpha value is -0.866. The number of allylic oxidation sites excluding steroid dienone is 2. The Balaban J connectivity index is 4.40. The molecule has 0 spiro atoms. The molecule has 0 saturated heterocycles. The molecule has 0 fully saturated rings. The summed E-state index contributed by atoms with van der Waals surface area (Å²) in [5.41, 5.74) is 10.3. The van der Waals surface area contributed by atoms with Crippen LogP contribution in [0.25, 0.3) is 0 Å². The minimum atomic E-state index is -1.68. The minimum Gasteiger partial charge on any atom is -0.109 e. The van der Waals surface area contributed by atoms with Crippen molar-refractivity contribution in [2.45, 2.75) is 6.42 Å². The second kappa shape index (κ2) is 6.63. The van der Waals surface area contributed by atoms with E-state index in [-0.39, 0.29) is 0 Å². The molecular formula is C11H18Si2. The number of hydrogen-bond donors (Lipinski definition) is 0. The molecule has 13 heavy (non-hydrogen) atoms. The van der Waals surface area contributed by atoms with Crippen LogP contribution in [0.15, 0.2) is 60.4 Å². The van der Waals surface area contributed by atoms with E-state index >= 15 is 0 Å². The van der Waals surface area contributed by atoms with Crippen LogP contribution in [0.4, 0.5) is 0 Å². The van der Waals surface area contributed by atoms with Crippen molar-refractivity contribution in [3.63, 3.8) is 0 Å². The molecular weight excluding hydrogens is 188 g/mol. The highest BCUT2D eigenvalue weighted by Gasteiger charge is 2.15. The lowest BCUT2D eigenvalue weighted by atomic mass is 10.4. The van der Waals surface area contributed by atoms with Crippen molar-refractivity contribution < 1.29 is 0 Å². The van der Waals surface area contributed by atoms with Crippen LogP contribution in [-0.2, 0) is 0 Å². The van der Waals surface area contributed by atoms with Crippen LogP contribution in [0.3, 0.4) is 0 Å². The lowest BCUT2D eigenvalue weighted by Gasteiger charge is -2.12. The van der Waals surface area contributed by atoms with Crippen molar-refractivity contribution in [3.05, 3.63) is 60.4 Å². The molecule has 0 aromatic carbocycles. The normalized spacial score (nSPS) is 12.3. The van der Waals surface area contributed by atoms with E-state index in [1.54, 1.807) is 0 Å². The molecule has 0 amide bonds. The van der Waals surface area contributed by atoms with Gasteiger partial charge in [-0.1, -0.05) is 34.9 Å². The Kier molecular flexibility index (Phi) is 6.19. The van der Waals surface area contributed by atoms with Gasteiger partial charge in [0, 0.05) is 10.2 Å². The maximum atomic E-state index is 3.83. The summed E-state index contributed by atoms with van der Waals surface area (Å²) in [5, 5.41) is 0. The molecule has 70 valence electrons. The molecule has 0 aliphatic rings. The molecule has 0 heterocycles. The average molecular weight is 206 g/mol. The van der Waals surface area contributed by atoms with Crippen molar-refractivity contribution in [3.8, 4) is 0 Å². The van der Waals surface area contributed by atoms with Gasteiger partial charge in [0.15, 0.2) is 0 Å². The van der Waals surface area contributed by atoms with Gasteiger partial charge in [0.25, 0.3) is 0 Å². The zero-order valence-electron chi connectivity index (χ0n) is 8.37. The fourth-order valence-electron chi connectivity index (χ4n) is 0.941. The van der Waals surface area contributed by atoms with Gasteiger partial charge in [0.1, 0.15) is 8.07 Å². The lowest BCUT2D eigenvalue weighted by Crippen LogP contribution is -2.23. The van der Waals surface area contributed by atoms with E-state index in [1.165, 1.54) is 0 Å². The van der Waals surface area contributed by atoms with Gasteiger partial charge in [-0.25, -0.2) is 0 Å². The Morgan fingerprint density at radius 3 is 1.92 bits per heavy atom. The highest BCUT2D eigenvalue weighted by molar-refractivity contribution is 6.97. The maximum Gasteiger partial charge on any atom is 0.148 e. The van der Waals surface area contributed by atoms with E-state index in [0.717, 1.165) is 16.7 Å². The van der Waals surface area contributed by atoms with Crippen molar-refractivity contribution in [2.75, 3.05) is 0 Å². The number of rotatable bonds is 6. The zero-order chi connectivity index (χ0) is 10.2. The zero-order valence-corrected chi connectivity index (χ0v) is 11.4. The van der Waals surface area contributed by atoms with E-state index < -0.39 is 8.07 Å². The standard InChI is InChI=1S/C11H18Si2/c1-4-13(5-2,6-3)11-9-7-8-10-12/h4-6,8-11H,1-3,7H2,12H3. The largest absolute Gasteiger partial charge is 0.148 e. The first-order valence-corrected chi connectivity index (χ1v) is 7.90. The van der Waals surface area contributed by atoms with E-state index in [2.05, 4.69) is 43.3 Å². The predicted octanol–water partition coefficient (Wildman–Crippen LogP) is 1.98. The first-order valence-electron chi connectivity index (χ1n) is 4.44.